The zero-order valence-electron chi connectivity index (χ0n) is 17.1. The number of aliphatic hydroxyl groups is 2. The first-order chi connectivity index (χ1) is 15.4. The van der Waals surface area contributed by atoms with E-state index in [9.17, 15) is 49.7 Å². The summed E-state index contributed by atoms with van der Waals surface area (Å²) in [5.41, 5.74) is -6.56. The largest absolute Gasteiger partial charge is 0.433 e. The Balaban J connectivity index is 2.13. The van der Waals surface area contributed by atoms with Gasteiger partial charge in [-0.3, -0.25) is 4.98 Å². The molecule has 1 aliphatic rings. The monoisotopic (exact) mass is 502 g/mol. The van der Waals surface area contributed by atoms with Crippen LogP contribution < -0.4 is 5.01 Å². The van der Waals surface area contributed by atoms with Crippen LogP contribution in [0.5, 0.6) is 0 Å². The van der Waals surface area contributed by atoms with Gasteiger partial charge in [0, 0.05) is 11.4 Å². The molecule has 2 aromatic rings. The predicted octanol–water partition coefficient (Wildman–Crippen LogP) is 4.54. The van der Waals surface area contributed by atoms with Crippen LogP contribution in [0.15, 0.2) is 29.4 Å². The molecule has 0 aromatic carbocycles. The molecule has 0 radical (unpaired) electrons. The highest BCUT2D eigenvalue weighted by atomic mass is 19.4. The highest BCUT2D eigenvalue weighted by Crippen LogP contribution is 2.42. The molecule has 0 spiro atoms. The number of aryl methyl sites for hydroxylation is 2. The van der Waals surface area contributed by atoms with E-state index in [2.05, 4.69) is 15.1 Å². The van der Waals surface area contributed by atoms with E-state index in [1.165, 1.54) is 26.0 Å². The van der Waals surface area contributed by atoms with E-state index in [1.807, 2.05) is 0 Å². The standard InChI is InChI=1S/C19H15F9N4O2/c1-7-3-10(4-8(2)29-7)32-16(34)13(15(31-32)19(26,27)28)14(33)9-5-11(17(20,21)22)30-12(6-9)18(23,24)25/h3-6,13-14,16,33-34H,1-2H3. The van der Waals surface area contributed by atoms with Gasteiger partial charge in [-0.25, -0.2) is 9.99 Å². The molecule has 0 amide bonds. The van der Waals surface area contributed by atoms with Crippen molar-refractivity contribution in [1.82, 2.24) is 9.97 Å². The van der Waals surface area contributed by atoms with Crippen molar-refractivity contribution >= 4 is 11.4 Å². The normalized spacial score (nSPS) is 20.5. The number of hydrogen-bond donors (Lipinski definition) is 2. The van der Waals surface area contributed by atoms with Crippen LogP contribution >= 0.6 is 0 Å². The Labute approximate surface area is 185 Å². The highest BCUT2D eigenvalue weighted by molar-refractivity contribution is 5.95. The lowest BCUT2D eigenvalue weighted by molar-refractivity contribution is -0.150. The van der Waals surface area contributed by atoms with Crippen molar-refractivity contribution in [2.24, 2.45) is 11.0 Å². The summed E-state index contributed by atoms with van der Waals surface area (Å²) < 4.78 is 120. The average Bonchev–Trinajstić information content (AvgIpc) is 3.02. The summed E-state index contributed by atoms with van der Waals surface area (Å²) in [6, 6.07) is 2.48. The minimum absolute atomic E-state index is 0.00991. The lowest BCUT2D eigenvalue weighted by Gasteiger charge is -2.28. The predicted molar refractivity (Wildman–Crippen MR) is 98.4 cm³/mol. The zero-order valence-corrected chi connectivity index (χ0v) is 17.1. The van der Waals surface area contributed by atoms with E-state index in [4.69, 9.17) is 0 Å². The molecule has 34 heavy (non-hydrogen) atoms. The molecule has 3 atom stereocenters. The van der Waals surface area contributed by atoms with Gasteiger partial charge in [-0.15, -0.1) is 0 Å². The van der Waals surface area contributed by atoms with Crippen molar-refractivity contribution in [3.63, 3.8) is 0 Å². The molecule has 2 N–H and O–H groups in total. The topological polar surface area (TPSA) is 81.8 Å². The maximum atomic E-state index is 13.7. The van der Waals surface area contributed by atoms with Crippen LogP contribution in [0.3, 0.4) is 0 Å². The van der Waals surface area contributed by atoms with E-state index in [0.717, 1.165) is 0 Å². The number of hydrazone groups is 1. The molecule has 0 fully saturated rings. The first-order valence-electron chi connectivity index (χ1n) is 9.32. The number of hydrogen-bond acceptors (Lipinski definition) is 6. The molecule has 0 saturated carbocycles. The maximum absolute atomic E-state index is 13.7. The highest BCUT2D eigenvalue weighted by Gasteiger charge is 2.53. The van der Waals surface area contributed by atoms with E-state index in [0.29, 0.717) is 16.4 Å². The van der Waals surface area contributed by atoms with Crippen molar-refractivity contribution in [1.29, 1.82) is 0 Å². The first-order valence-corrected chi connectivity index (χ1v) is 9.32. The van der Waals surface area contributed by atoms with Crippen molar-refractivity contribution in [3.8, 4) is 0 Å². The number of aromatic nitrogens is 2. The minimum Gasteiger partial charge on any atom is -0.388 e. The van der Waals surface area contributed by atoms with E-state index >= 15 is 0 Å². The minimum atomic E-state index is -5.40. The summed E-state index contributed by atoms with van der Waals surface area (Å²) in [4.78, 5) is 6.48. The molecule has 2 aromatic heterocycles. The SMILES string of the molecule is Cc1cc(N2N=C(C(F)(F)F)C(C(O)c3cc(C(F)(F)F)nc(C(F)(F)F)c3)C2O)cc(C)n1. The molecule has 3 rings (SSSR count). The van der Waals surface area contributed by atoms with Crippen molar-refractivity contribution in [2.45, 2.75) is 44.7 Å². The zero-order chi connectivity index (χ0) is 25.8. The number of nitrogens with zero attached hydrogens (tertiary/aromatic N) is 4. The van der Waals surface area contributed by atoms with Crippen LogP contribution in [-0.4, -0.2) is 38.3 Å². The van der Waals surface area contributed by atoms with Gasteiger partial charge >= 0.3 is 18.5 Å². The molecule has 0 bridgehead atoms. The van der Waals surface area contributed by atoms with Gasteiger partial charge in [-0.2, -0.15) is 44.6 Å². The third-order valence-corrected chi connectivity index (χ3v) is 4.83. The second-order valence-corrected chi connectivity index (χ2v) is 7.49. The van der Waals surface area contributed by atoms with Gasteiger partial charge in [0.05, 0.1) is 17.7 Å². The molecule has 3 heterocycles. The Bertz CT molecular complexity index is 1060. The van der Waals surface area contributed by atoms with E-state index in [1.54, 1.807) is 0 Å². The van der Waals surface area contributed by atoms with Crippen LogP contribution in [0, 0.1) is 19.8 Å². The number of alkyl halides is 9. The fourth-order valence-electron chi connectivity index (χ4n) is 3.47. The summed E-state index contributed by atoms with van der Waals surface area (Å²) in [6.45, 7) is 2.99. The maximum Gasteiger partial charge on any atom is 0.433 e. The molecule has 186 valence electrons. The Kier molecular flexibility index (Phi) is 6.32. The lowest BCUT2D eigenvalue weighted by Crippen LogP contribution is -2.40. The molecular formula is C19H15F9N4O2. The van der Waals surface area contributed by atoms with Gasteiger partial charge in [0.2, 0.25) is 0 Å². The van der Waals surface area contributed by atoms with Gasteiger partial charge in [0.25, 0.3) is 0 Å². The lowest BCUT2D eigenvalue weighted by atomic mass is 9.89. The smallest absolute Gasteiger partial charge is 0.388 e. The van der Waals surface area contributed by atoms with Crippen molar-refractivity contribution in [3.05, 3.63) is 52.6 Å². The molecule has 6 nitrogen and oxygen atoms in total. The van der Waals surface area contributed by atoms with Crippen molar-refractivity contribution < 1.29 is 49.7 Å². The van der Waals surface area contributed by atoms with Crippen LogP contribution in [0.1, 0.15) is 34.4 Å². The molecule has 0 aliphatic carbocycles. The van der Waals surface area contributed by atoms with Gasteiger partial charge in [-0.05, 0) is 43.7 Å². The van der Waals surface area contributed by atoms with E-state index in [-0.39, 0.29) is 17.8 Å². The molecule has 0 saturated heterocycles. The second kappa shape index (κ2) is 8.37. The van der Waals surface area contributed by atoms with Gasteiger partial charge in [0.15, 0.2) is 11.9 Å². The Morgan fingerprint density at radius 3 is 1.68 bits per heavy atom. The van der Waals surface area contributed by atoms with Crippen LogP contribution in [0.2, 0.25) is 0 Å². The summed E-state index contributed by atoms with van der Waals surface area (Å²) in [7, 11) is 0. The van der Waals surface area contributed by atoms with Gasteiger partial charge in [-0.1, -0.05) is 0 Å². The Morgan fingerprint density at radius 1 is 0.794 bits per heavy atom. The fourth-order valence-corrected chi connectivity index (χ4v) is 3.47. The fraction of sp³-hybridized carbons (Fsp3) is 0.421. The van der Waals surface area contributed by atoms with Crippen LogP contribution in [-0.2, 0) is 12.4 Å². The molecule has 3 unspecified atom stereocenters. The number of pyridine rings is 2. The number of anilines is 1. The van der Waals surface area contributed by atoms with Crippen molar-refractivity contribution in [2.75, 3.05) is 5.01 Å². The average molecular weight is 502 g/mol. The third kappa shape index (κ3) is 5.09. The summed E-state index contributed by atoms with van der Waals surface area (Å²) in [5.74, 6) is -2.45. The Morgan fingerprint density at radius 2 is 1.26 bits per heavy atom. The summed E-state index contributed by atoms with van der Waals surface area (Å²) in [6.07, 6.45) is -21.0. The summed E-state index contributed by atoms with van der Waals surface area (Å²) >= 11 is 0. The molecular weight excluding hydrogens is 487 g/mol. The summed E-state index contributed by atoms with van der Waals surface area (Å²) in [5, 5.41) is 24.9. The quantitative estimate of drug-likeness (QED) is 0.603. The second-order valence-electron chi connectivity index (χ2n) is 7.49. The van der Waals surface area contributed by atoms with Crippen LogP contribution in [0.25, 0.3) is 0 Å². The van der Waals surface area contributed by atoms with E-state index < -0.39 is 59.4 Å². The van der Waals surface area contributed by atoms with Crippen LogP contribution in [0.4, 0.5) is 45.2 Å². The molecule has 15 heteroatoms. The third-order valence-electron chi connectivity index (χ3n) is 4.83. The molecule has 1 aliphatic heterocycles. The first kappa shape index (κ1) is 25.7. The Hall–Kier alpha value is -2.94. The van der Waals surface area contributed by atoms with Gasteiger partial charge < -0.3 is 10.2 Å². The van der Waals surface area contributed by atoms with Gasteiger partial charge in [0.1, 0.15) is 11.4 Å². The number of rotatable bonds is 3. The number of aliphatic hydroxyl groups excluding tert-OH is 2. The number of halogens is 9.